The molecule has 0 fully saturated rings. The quantitative estimate of drug-likeness (QED) is 0.594. The molecule has 2 aromatic rings. The van der Waals surface area contributed by atoms with Gasteiger partial charge in [0.25, 0.3) is 5.91 Å². The van der Waals surface area contributed by atoms with Crippen molar-refractivity contribution in [3.05, 3.63) is 53.6 Å². The normalized spacial score (nSPS) is 10.7. The number of ether oxygens (including phenoxy) is 1. The van der Waals surface area contributed by atoms with Gasteiger partial charge in [-0.25, -0.2) is 0 Å². The first-order chi connectivity index (χ1) is 14.7. The van der Waals surface area contributed by atoms with Gasteiger partial charge in [0.05, 0.1) is 7.11 Å². The monoisotopic (exact) mass is 425 g/mol. The van der Waals surface area contributed by atoms with E-state index in [9.17, 15) is 9.59 Å². The zero-order valence-electron chi connectivity index (χ0n) is 19.6. The van der Waals surface area contributed by atoms with Gasteiger partial charge in [0, 0.05) is 50.5 Å². The van der Waals surface area contributed by atoms with E-state index in [-0.39, 0.29) is 11.8 Å². The maximum absolute atomic E-state index is 13.2. The summed E-state index contributed by atoms with van der Waals surface area (Å²) in [6.07, 6.45) is 1.33. The predicted molar refractivity (Wildman–Crippen MR) is 127 cm³/mol. The van der Waals surface area contributed by atoms with E-state index in [1.807, 2.05) is 55.9 Å². The van der Waals surface area contributed by atoms with Crippen LogP contribution < -0.4 is 15.0 Å². The van der Waals surface area contributed by atoms with Crippen LogP contribution in [-0.4, -0.2) is 44.5 Å². The number of anilines is 2. The number of nitrogens with zero attached hydrogens (tertiary/aromatic N) is 2. The van der Waals surface area contributed by atoms with E-state index in [1.54, 1.807) is 31.4 Å². The summed E-state index contributed by atoms with van der Waals surface area (Å²) in [6.45, 7) is 7.20. The molecule has 0 aromatic heterocycles. The van der Waals surface area contributed by atoms with Gasteiger partial charge in [-0.15, -0.1) is 0 Å². The zero-order chi connectivity index (χ0) is 23.0. The molecule has 0 heterocycles. The van der Waals surface area contributed by atoms with Crippen LogP contribution in [0.3, 0.4) is 0 Å². The van der Waals surface area contributed by atoms with E-state index in [0.29, 0.717) is 31.0 Å². The second-order valence-electron chi connectivity index (χ2n) is 8.34. The van der Waals surface area contributed by atoms with Gasteiger partial charge in [-0.3, -0.25) is 9.59 Å². The number of benzene rings is 2. The lowest BCUT2D eigenvalue weighted by molar-refractivity contribution is -0.116. The zero-order valence-corrected chi connectivity index (χ0v) is 19.6. The van der Waals surface area contributed by atoms with Crippen LogP contribution in [-0.2, 0) is 11.3 Å². The average Bonchev–Trinajstić information content (AvgIpc) is 2.72. The third-order valence-electron chi connectivity index (χ3n) is 4.92. The van der Waals surface area contributed by atoms with Gasteiger partial charge in [-0.2, -0.15) is 0 Å². The lowest BCUT2D eigenvalue weighted by atomic mass is 10.1. The number of carbonyl (C=O) groups is 2. The van der Waals surface area contributed by atoms with Gasteiger partial charge in [-0.05, 0) is 60.4 Å². The molecule has 0 atom stereocenters. The lowest BCUT2D eigenvalue weighted by Gasteiger charge is -2.26. The Kier molecular flexibility index (Phi) is 8.91. The van der Waals surface area contributed by atoms with Crippen LogP contribution in [0.15, 0.2) is 42.5 Å². The summed E-state index contributed by atoms with van der Waals surface area (Å²) in [7, 11) is 5.56. The van der Waals surface area contributed by atoms with Crippen molar-refractivity contribution in [3.8, 4) is 5.75 Å². The van der Waals surface area contributed by atoms with Crippen LogP contribution in [0.25, 0.3) is 0 Å². The smallest absolute Gasteiger partial charge is 0.254 e. The molecule has 31 heavy (non-hydrogen) atoms. The van der Waals surface area contributed by atoms with Crippen LogP contribution in [0.1, 0.15) is 49.5 Å². The fourth-order valence-corrected chi connectivity index (χ4v) is 3.45. The lowest BCUT2D eigenvalue weighted by Crippen LogP contribution is -2.32. The SMILES string of the molecule is CCCN(Cc1cc(NC(=O)CC(C)C)ccc1N(C)C)C(=O)c1ccc(OC)cc1. The van der Waals surface area contributed by atoms with Gasteiger partial charge >= 0.3 is 0 Å². The summed E-state index contributed by atoms with van der Waals surface area (Å²) >= 11 is 0. The molecule has 0 bridgehead atoms. The number of nitrogens with one attached hydrogen (secondary N) is 1. The van der Waals surface area contributed by atoms with Gasteiger partial charge in [-0.1, -0.05) is 20.8 Å². The molecule has 0 aliphatic carbocycles. The minimum atomic E-state index is -0.0246. The predicted octanol–water partition coefficient (Wildman–Crippen LogP) is 4.80. The summed E-state index contributed by atoms with van der Waals surface area (Å²) < 4.78 is 5.20. The Hall–Kier alpha value is -3.02. The number of rotatable bonds is 10. The summed E-state index contributed by atoms with van der Waals surface area (Å²) in [4.78, 5) is 29.3. The first kappa shape index (κ1) is 24.3. The van der Waals surface area contributed by atoms with E-state index >= 15 is 0 Å². The van der Waals surface area contributed by atoms with Crippen molar-refractivity contribution in [1.29, 1.82) is 0 Å². The van der Waals surface area contributed by atoms with Gasteiger partial charge in [0.1, 0.15) is 5.75 Å². The Balaban J connectivity index is 2.30. The topological polar surface area (TPSA) is 61.9 Å². The van der Waals surface area contributed by atoms with E-state index in [0.717, 1.165) is 29.1 Å². The third-order valence-corrected chi connectivity index (χ3v) is 4.92. The van der Waals surface area contributed by atoms with Crippen molar-refractivity contribution in [2.24, 2.45) is 5.92 Å². The summed E-state index contributed by atoms with van der Waals surface area (Å²) in [5, 5.41) is 2.98. The van der Waals surface area contributed by atoms with Crippen molar-refractivity contribution >= 4 is 23.2 Å². The summed E-state index contributed by atoms with van der Waals surface area (Å²) in [6, 6.07) is 13.0. The fourth-order valence-electron chi connectivity index (χ4n) is 3.45. The maximum Gasteiger partial charge on any atom is 0.254 e. The van der Waals surface area contributed by atoms with Gasteiger partial charge in [0.15, 0.2) is 0 Å². The summed E-state index contributed by atoms with van der Waals surface area (Å²) in [5.74, 6) is 0.989. The first-order valence-corrected chi connectivity index (χ1v) is 10.8. The number of methoxy groups -OCH3 is 1. The van der Waals surface area contributed by atoms with E-state index in [4.69, 9.17) is 4.74 Å². The molecule has 0 radical (unpaired) electrons. The molecule has 168 valence electrons. The van der Waals surface area contributed by atoms with E-state index in [1.165, 1.54) is 0 Å². The molecule has 0 unspecified atom stereocenters. The molecular formula is C25H35N3O3. The molecule has 2 amide bonds. The minimum Gasteiger partial charge on any atom is -0.497 e. The summed E-state index contributed by atoms with van der Waals surface area (Å²) in [5.41, 5.74) is 3.38. The molecule has 1 N–H and O–H groups in total. The highest BCUT2D eigenvalue weighted by molar-refractivity contribution is 5.94. The third kappa shape index (κ3) is 7.02. The van der Waals surface area contributed by atoms with Crippen molar-refractivity contribution < 1.29 is 14.3 Å². The molecule has 0 spiro atoms. The van der Waals surface area contributed by atoms with E-state index in [2.05, 4.69) is 12.2 Å². The van der Waals surface area contributed by atoms with Crippen molar-refractivity contribution in [2.45, 2.75) is 40.2 Å². The molecule has 2 rings (SSSR count). The highest BCUT2D eigenvalue weighted by Crippen LogP contribution is 2.26. The Labute approximate surface area is 186 Å². The second kappa shape index (κ2) is 11.4. The van der Waals surface area contributed by atoms with Crippen molar-refractivity contribution in [3.63, 3.8) is 0 Å². The minimum absolute atomic E-state index is 0.00160. The maximum atomic E-state index is 13.2. The largest absolute Gasteiger partial charge is 0.497 e. The molecule has 0 aliphatic heterocycles. The van der Waals surface area contributed by atoms with Gasteiger partial charge in [0.2, 0.25) is 5.91 Å². The highest BCUT2D eigenvalue weighted by Gasteiger charge is 2.18. The standard InChI is InChI=1S/C25H35N3O3/c1-7-14-28(25(30)19-8-11-22(31-6)12-9-19)17-20-16-21(10-13-23(20)27(4)5)26-24(29)15-18(2)3/h8-13,16,18H,7,14-15,17H2,1-6H3,(H,26,29). The molecule has 6 heteroatoms. The molecule has 0 saturated heterocycles. The molecule has 0 saturated carbocycles. The molecule has 6 nitrogen and oxygen atoms in total. The molecule has 2 aromatic carbocycles. The number of amides is 2. The Morgan fingerprint density at radius 2 is 1.74 bits per heavy atom. The Bertz CT molecular complexity index is 876. The highest BCUT2D eigenvalue weighted by atomic mass is 16.5. The average molecular weight is 426 g/mol. The van der Waals surface area contributed by atoms with Crippen LogP contribution >= 0.6 is 0 Å². The van der Waals surface area contributed by atoms with Crippen LogP contribution in [0, 0.1) is 5.92 Å². The van der Waals surface area contributed by atoms with Gasteiger partial charge < -0.3 is 19.9 Å². The van der Waals surface area contributed by atoms with Crippen LogP contribution in [0.4, 0.5) is 11.4 Å². The van der Waals surface area contributed by atoms with Crippen LogP contribution in [0.5, 0.6) is 5.75 Å². The Morgan fingerprint density at radius 1 is 1.06 bits per heavy atom. The van der Waals surface area contributed by atoms with Crippen molar-refractivity contribution in [1.82, 2.24) is 4.90 Å². The molecule has 0 aliphatic rings. The second-order valence-corrected chi connectivity index (χ2v) is 8.34. The fraction of sp³-hybridized carbons (Fsp3) is 0.440. The van der Waals surface area contributed by atoms with Crippen LogP contribution in [0.2, 0.25) is 0 Å². The molecular weight excluding hydrogens is 390 g/mol. The number of hydrogen-bond acceptors (Lipinski definition) is 4. The van der Waals surface area contributed by atoms with E-state index < -0.39 is 0 Å². The Morgan fingerprint density at radius 3 is 2.29 bits per heavy atom. The number of hydrogen-bond donors (Lipinski definition) is 1. The van der Waals surface area contributed by atoms with Crippen molar-refractivity contribution in [2.75, 3.05) is 38.0 Å². The number of carbonyl (C=O) groups excluding carboxylic acids is 2. The first-order valence-electron chi connectivity index (χ1n) is 10.8.